The summed E-state index contributed by atoms with van der Waals surface area (Å²) in [5, 5.41) is 9.47. The molecule has 0 aromatic carbocycles. The summed E-state index contributed by atoms with van der Waals surface area (Å²) in [6.07, 6.45) is 7.56. The zero-order valence-electron chi connectivity index (χ0n) is 12.7. The van der Waals surface area contributed by atoms with E-state index in [1.165, 1.54) is 12.8 Å². The number of amides is 1. The fraction of sp³-hybridized carbons (Fsp3) is 0.857. The van der Waals surface area contributed by atoms with E-state index < -0.39 is 0 Å². The number of nitrogens with zero attached hydrogens (tertiary/aromatic N) is 1. The smallest absolute Gasteiger partial charge is 0.221 e. The predicted octanol–water partition coefficient (Wildman–Crippen LogP) is 2.02. The van der Waals surface area contributed by atoms with Gasteiger partial charge < -0.3 is 16.0 Å². The summed E-state index contributed by atoms with van der Waals surface area (Å²) in [6.45, 7) is 3.71. The van der Waals surface area contributed by atoms with Crippen molar-refractivity contribution in [3.63, 3.8) is 0 Å². The van der Waals surface area contributed by atoms with Crippen LogP contribution < -0.4 is 16.0 Å². The van der Waals surface area contributed by atoms with Crippen LogP contribution in [-0.2, 0) is 4.79 Å². The molecule has 1 amide bonds. The number of carbonyl (C=O) groups excluding carboxylic acids is 1. The number of guanidine groups is 1. The number of nitrogens with one attached hydrogen (secondary N) is 3. The van der Waals surface area contributed by atoms with Gasteiger partial charge in [0.15, 0.2) is 5.96 Å². The minimum absolute atomic E-state index is 0. The maximum absolute atomic E-state index is 11.7. The van der Waals surface area contributed by atoms with Gasteiger partial charge in [-0.25, -0.2) is 0 Å². The van der Waals surface area contributed by atoms with E-state index in [0.29, 0.717) is 19.0 Å². The third-order valence-electron chi connectivity index (χ3n) is 3.41. The first kappa shape index (κ1) is 19.5. The molecule has 20 heavy (non-hydrogen) atoms. The van der Waals surface area contributed by atoms with Crippen LogP contribution in [0.5, 0.6) is 0 Å². The fourth-order valence-corrected chi connectivity index (χ4v) is 2.27. The van der Waals surface area contributed by atoms with E-state index in [1.807, 2.05) is 0 Å². The van der Waals surface area contributed by atoms with Crippen molar-refractivity contribution in [1.82, 2.24) is 16.0 Å². The Bertz CT molecular complexity index is 291. The molecule has 0 aromatic rings. The SMILES string of the molecule is CCCCNC(=NC)NCCC(=O)NC1CCCC1.I. The van der Waals surface area contributed by atoms with Gasteiger partial charge in [0.25, 0.3) is 0 Å². The lowest BCUT2D eigenvalue weighted by molar-refractivity contribution is -0.121. The first-order valence-corrected chi connectivity index (χ1v) is 7.50. The summed E-state index contributed by atoms with van der Waals surface area (Å²) in [5.74, 6) is 0.922. The molecule has 0 unspecified atom stereocenters. The summed E-state index contributed by atoms with van der Waals surface area (Å²) >= 11 is 0. The van der Waals surface area contributed by atoms with E-state index in [0.717, 1.165) is 38.2 Å². The second-order valence-electron chi connectivity index (χ2n) is 5.08. The number of hydrogen-bond acceptors (Lipinski definition) is 2. The van der Waals surface area contributed by atoms with Gasteiger partial charge in [0.05, 0.1) is 0 Å². The lowest BCUT2D eigenvalue weighted by Gasteiger charge is -2.13. The van der Waals surface area contributed by atoms with E-state index in [4.69, 9.17) is 0 Å². The number of rotatable bonds is 7. The van der Waals surface area contributed by atoms with E-state index in [9.17, 15) is 4.79 Å². The molecular weight excluding hydrogens is 367 g/mol. The highest BCUT2D eigenvalue weighted by Gasteiger charge is 2.16. The van der Waals surface area contributed by atoms with Crippen LogP contribution in [0.3, 0.4) is 0 Å². The summed E-state index contributed by atoms with van der Waals surface area (Å²) in [7, 11) is 1.75. The third-order valence-corrected chi connectivity index (χ3v) is 3.41. The van der Waals surface area contributed by atoms with Crippen molar-refractivity contribution < 1.29 is 4.79 Å². The van der Waals surface area contributed by atoms with Crippen molar-refractivity contribution in [1.29, 1.82) is 0 Å². The Labute approximate surface area is 139 Å². The van der Waals surface area contributed by atoms with Gasteiger partial charge in [0.1, 0.15) is 0 Å². The standard InChI is InChI=1S/C14H28N4O.HI/c1-3-4-10-16-14(15-2)17-11-9-13(19)18-12-7-5-6-8-12;/h12H,3-11H2,1-2H3,(H,18,19)(H2,15,16,17);1H. The largest absolute Gasteiger partial charge is 0.356 e. The van der Waals surface area contributed by atoms with Crippen LogP contribution in [0.2, 0.25) is 0 Å². The Morgan fingerprint density at radius 1 is 1.20 bits per heavy atom. The summed E-state index contributed by atoms with van der Waals surface area (Å²) in [5.41, 5.74) is 0. The van der Waals surface area contributed by atoms with Gasteiger partial charge in [0.2, 0.25) is 5.91 Å². The molecule has 5 nitrogen and oxygen atoms in total. The Morgan fingerprint density at radius 2 is 1.85 bits per heavy atom. The fourth-order valence-electron chi connectivity index (χ4n) is 2.27. The molecule has 0 aromatic heterocycles. The molecule has 1 aliphatic rings. The predicted molar refractivity (Wildman–Crippen MR) is 94.7 cm³/mol. The van der Waals surface area contributed by atoms with Crippen LogP contribution in [0, 0.1) is 0 Å². The molecule has 3 N–H and O–H groups in total. The van der Waals surface area contributed by atoms with Gasteiger partial charge in [-0.05, 0) is 19.3 Å². The zero-order valence-corrected chi connectivity index (χ0v) is 15.0. The number of hydrogen-bond donors (Lipinski definition) is 3. The van der Waals surface area contributed by atoms with Crippen molar-refractivity contribution in [2.75, 3.05) is 20.1 Å². The highest BCUT2D eigenvalue weighted by atomic mass is 127. The molecule has 1 saturated carbocycles. The molecule has 118 valence electrons. The average Bonchev–Trinajstić information content (AvgIpc) is 2.90. The van der Waals surface area contributed by atoms with Crippen LogP contribution in [0.1, 0.15) is 51.9 Å². The van der Waals surface area contributed by atoms with Crippen molar-refractivity contribution in [3.05, 3.63) is 0 Å². The Morgan fingerprint density at radius 3 is 2.45 bits per heavy atom. The average molecular weight is 396 g/mol. The molecule has 1 fully saturated rings. The van der Waals surface area contributed by atoms with Crippen molar-refractivity contribution in [2.24, 2.45) is 4.99 Å². The van der Waals surface area contributed by atoms with Crippen LogP contribution in [-0.4, -0.2) is 38.0 Å². The third kappa shape index (κ3) is 8.60. The van der Waals surface area contributed by atoms with E-state index in [1.54, 1.807) is 7.05 Å². The number of unbranched alkanes of at least 4 members (excludes halogenated alkanes) is 1. The molecule has 0 spiro atoms. The molecule has 6 heteroatoms. The molecule has 0 saturated heterocycles. The molecule has 1 rings (SSSR count). The second-order valence-corrected chi connectivity index (χ2v) is 5.08. The van der Waals surface area contributed by atoms with Crippen LogP contribution in [0.25, 0.3) is 0 Å². The van der Waals surface area contributed by atoms with Crippen molar-refractivity contribution in [2.45, 2.75) is 57.9 Å². The van der Waals surface area contributed by atoms with Crippen LogP contribution in [0.15, 0.2) is 4.99 Å². The molecule has 0 bridgehead atoms. The summed E-state index contributed by atoms with van der Waals surface area (Å²) in [6, 6.07) is 0.412. The number of halogens is 1. The normalized spacial score (nSPS) is 15.6. The molecule has 0 aliphatic heterocycles. The van der Waals surface area contributed by atoms with Gasteiger partial charge in [-0.15, -0.1) is 24.0 Å². The first-order chi connectivity index (χ1) is 9.26. The monoisotopic (exact) mass is 396 g/mol. The zero-order chi connectivity index (χ0) is 13.9. The molecule has 1 aliphatic carbocycles. The van der Waals surface area contributed by atoms with Gasteiger partial charge in [-0.2, -0.15) is 0 Å². The minimum atomic E-state index is 0. The molecule has 0 atom stereocenters. The molecular formula is C14H29IN4O. The Hall–Kier alpha value is -0.530. The topological polar surface area (TPSA) is 65.5 Å². The lowest BCUT2D eigenvalue weighted by atomic mass is 10.2. The van der Waals surface area contributed by atoms with Crippen LogP contribution in [0.4, 0.5) is 0 Å². The Balaban J connectivity index is 0.00000361. The van der Waals surface area contributed by atoms with E-state index in [-0.39, 0.29) is 29.9 Å². The summed E-state index contributed by atoms with van der Waals surface area (Å²) in [4.78, 5) is 15.8. The second kappa shape index (κ2) is 12.2. The van der Waals surface area contributed by atoms with E-state index in [2.05, 4.69) is 27.9 Å². The van der Waals surface area contributed by atoms with Crippen molar-refractivity contribution in [3.8, 4) is 0 Å². The molecule has 0 radical (unpaired) electrons. The number of aliphatic imine (C=N–C) groups is 1. The maximum atomic E-state index is 11.7. The van der Waals surface area contributed by atoms with Gasteiger partial charge in [-0.3, -0.25) is 9.79 Å². The van der Waals surface area contributed by atoms with Crippen LogP contribution >= 0.6 is 24.0 Å². The Kier molecular flexibility index (Phi) is 11.9. The van der Waals surface area contributed by atoms with E-state index >= 15 is 0 Å². The van der Waals surface area contributed by atoms with Gasteiger partial charge in [-0.1, -0.05) is 26.2 Å². The van der Waals surface area contributed by atoms with Crippen molar-refractivity contribution >= 4 is 35.8 Å². The molecule has 0 heterocycles. The quantitative estimate of drug-likeness (QED) is 0.267. The number of carbonyl (C=O) groups is 1. The highest BCUT2D eigenvalue weighted by Crippen LogP contribution is 2.17. The maximum Gasteiger partial charge on any atom is 0.221 e. The van der Waals surface area contributed by atoms with Gasteiger partial charge >= 0.3 is 0 Å². The highest BCUT2D eigenvalue weighted by molar-refractivity contribution is 14.0. The minimum Gasteiger partial charge on any atom is -0.356 e. The first-order valence-electron chi connectivity index (χ1n) is 7.50. The van der Waals surface area contributed by atoms with Gasteiger partial charge in [0, 0.05) is 32.6 Å². The lowest BCUT2D eigenvalue weighted by Crippen LogP contribution is -2.40. The summed E-state index contributed by atoms with van der Waals surface area (Å²) < 4.78 is 0.